The van der Waals surface area contributed by atoms with Crippen LogP contribution in [0.3, 0.4) is 0 Å². The second kappa shape index (κ2) is 9.15. The number of nitrogens with zero attached hydrogens (tertiary/aromatic N) is 3. The molecule has 0 amide bonds. The molecule has 30 heavy (non-hydrogen) atoms. The van der Waals surface area contributed by atoms with E-state index in [1.54, 1.807) is 36.7 Å². The van der Waals surface area contributed by atoms with Crippen LogP contribution in [0, 0.1) is 13.8 Å². The Morgan fingerprint density at radius 3 is 2.60 bits per heavy atom. The zero-order valence-corrected chi connectivity index (χ0v) is 17.8. The smallest absolute Gasteiger partial charge is 0.252 e. The monoisotopic (exact) mass is 420 g/mol. The van der Waals surface area contributed by atoms with Crippen LogP contribution in [0.15, 0.2) is 47.5 Å². The van der Waals surface area contributed by atoms with Gasteiger partial charge in [-0.1, -0.05) is 6.07 Å². The molecule has 0 bridgehead atoms. The van der Waals surface area contributed by atoms with Crippen molar-refractivity contribution in [3.05, 3.63) is 64.3 Å². The summed E-state index contributed by atoms with van der Waals surface area (Å²) in [7, 11) is 0. The molecule has 5 rings (SSSR count). The molecule has 0 atom stereocenters. The van der Waals surface area contributed by atoms with Gasteiger partial charge in [0.2, 0.25) is 0 Å². The van der Waals surface area contributed by atoms with Crippen LogP contribution in [-0.2, 0) is 0 Å². The first-order valence-corrected chi connectivity index (χ1v) is 10.8. The van der Waals surface area contributed by atoms with Crippen molar-refractivity contribution in [2.45, 2.75) is 26.7 Å². The normalized spacial score (nSPS) is 13.1. The Kier molecular flexibility index (Phi) is 6.15. The molecule has 1 aliphatic rings. The summed E-state index contributed by atoms with van der Waals surface area (Å²) in [6.07, 6.45) is 6.36. The standard InChI is InChI=1S/C18H15N5OS.C4H9N/c1-10-3-4-15(23-17(10)24)22-16-8-13-14(9-20-16)25-18(21-13)12-5-6-19-11(2)7-12;1-2-4-5-3-1/h3-9H,1-2H3,(H2,20,22,23,24);5H,1-4H2. The van der Waals surface area contributed by atoms with E-state index in [9.17, 15) is 4.79 Å². The molecule has 1 fully saturated rings. The molecular weight excluding hydrogens is 396 g/mol. The summed E-state index contributed by atoms with van der Waals surface area (Å²) in [5.41, 5.74) is 3.42. The first-order chi connectivity index (χ1) is 14.6. The first kappa shape index (κ1) is 20.2. The molecule has 0 unspecified atom stereocenters. The summed E-state index contributed by atoms with van der Waals surface area (Å²) in [6, 6.07) is 9.43. The Balaban J connectivity index is 0.000000383. The fourth-order valence-corrected chi connectivity index (χ4v) is 4.00. The molecular formula is C22H24N6OS. The molecule has 3 N–H and O–H groups in total. The largest absolute Gasteiger partial charge is 0.326 e. The second-order valence-electron chi connectivity index (χ2n) is 7.21. The first-order valence-electron chi connectivity index (χ1n) is 9.96. The van der Waals surface area contributed by atoms with E-state index in [1.807, 2.05) is 31.2 Å². The summed E-state index contributed by atoms with van der Waals surface area (Å²) in [5.74, 6) is 1.23. The summed E-state index contributed by atoms with van der Waals surface area (Å²) >= 11 is 1.59. The van der Waals surface area contributed by atoms with Crippen LogP contribution < -0.4 is 16.2 Å². The van der Waals surface area contributed by atoms with Crippen molar-refractivity contribution < 1.29 is 0 Å². The Bertz CT molecular complexity index is 1200. The number of nitrogens with one attached hydrogen (secondary N) is 3. The zero-order chi connectivity index (χ0) is 20.9. The number of thiazole rings is 1. The predicted octanol–water partition coefficient (Wildman–Crippen LogP) is 4.17. The lowest BCUT2D eigenvalue weighted by Crippen LogP contribution is -2.10. The van der Waals surface area contributed by atoms with Crippen LogP contribution in [0.2, 0.25) is 0 Å². The fraction of sp³-hybridized carbons (Fsp3) is 0.273. The van der Waals surface area contributed by atoms with E-state index < -0.39 is 0 Å². The van der Waals surface area contributed by atoms with Crippen molar-refractivity contribution in [2.24, 2.45) is 0 Å². The van der Waals surface area contributed by atoms with E-state index in [0.29, 0.717) is 17.2 Å². The highest BCUT2D eigenvalue weighted by molar-refractivity contribution is 7.21. The number of rotatable bonds is 3. The summed E-state index contributed by atoms with van der Waals surface area (Å²) in [6.45, 7) is 6.23. The molecule has 0 spiro atoms. The maximum absolute atomic E-state index is 11.7. The van der Waals surface area contributed by atoms with Gasteiger partial charge >= 0.3 is 0 Å². The minimum absolute atomic E-state index is 0.116. The third kappa shape index (κ3) is 4.90. The maximum atomic E-state index is 11.7. The minimum atomic E-state index is -0.116. The van der Waals surface area contributed by atoms with Gasteiger partial charge in [0.1, 0.15) is 16.6 Å². The lowest BCUT2D eigenvalue weighted by atomic mass is 10.2. The van der Waals surface area contributed by atoms with Crippen molar-refractivity contribution in [1.29, 1.82) is 0 Å². The molecule has 1 saturated heterocycles. The predicted molar refractivity (Wildman–Crippen MR) is 123 cm³/mol. The summed E-state index contributed by atoms with van der Waals surface area (Å²) in [5, 5.41) is 7.27. The molecule has 5 heterocycles. The third-order valence-corrected chi connectivity index (χ3v) is 5.80. The van der Waals surface area contributed by atoms with E-state index in [-0.39, 0.29) is 5.56 Å². The number of hydrogen-bond donors (Lipinski definition) is 3. The highest BCUT2D eigenvalue weighted by Gasteiger charge is 2.09. The number of aromatic nitrogens is 4. The van der Waals surface area contributed by atoms with Gasteiger partial charge in [-0.3, -0.25) is 9.78 Å². The van der Waals surface area contributed by atoms with Crippen LogP contribution in [0.1, 0.15) is 24.1 Å². The Labute approximate surface area is 178 Å². The molecule has 0 radical (unpaired) electrons. The van der Waals surface area contributed by atoms with Gasteiger partial charge in [-0.15, -0.1) is 11.3 Å². The number of anilines is 2. The average Bonchev–Trinajstić information content (AvgIpc) is 3.43. The Morgan fingerprint density at radius 2 is 1.90 bits per heavy atom. The lowest BCUT2D eigenvalue weighted by Gasteiger charge is -2.05. The van der Waals surface area contributed by atoms with E-state index in [2.05, 4.69) is 25.6 Å². The average molecular weight is 421 g/mol. The van der Waals surface area contributed by atoms with Gasteiger partial charge in [0.25, 0.3) is 5.56 Å². The summed E-state index contributed by atoms with van der Waals surface area (Å²) in [4.78, 5) is 27.8. The van der Waals surface area contributed by atoms with Crippen molar-refractivity contribution in [3.8, 4) is 10.6 Å². The van der Waals surface area contributed by atoms with Gasteiger partial charge in [0, 0.05) is 35.3 Å². The number of hydrogen-bond acceptors (Lipinski definition) is 7. The highest BCUT2D eigenvalue weighted by Crippen LogP contribution is 2.31. The molecule has 0 aromatic carbocycles. The topological polar surface area (TPSA) is 95.6 Å². The molecule has 8 heteroatoms. The number of aryl methyl sites for hydroxylation is 2. The Morgan fingerprint density at radius 1 is 1.07 bits per heavy atom. The van der Waals surface area contributed by atoms with Crippen LogP contribution in [-0.4, -0.2) is 33.0 Å². The lowest BCUT2D eigenvalue weighted by molar-refractivity contribution is 0.857. The van der Waals surface area contributed by atoms with Crippen molar-refractivity contribution in [1.82, 2.24) is 25.3 Å². The quantitative estimate of drug-likeness (QED) is 0.460. The van der Waals surface area contributed by atoms with Crippen molar-refractivity contribution >= 4 is 33.2 Å². The number of fused-ring (bicyclic) bond motifs is 1. The third-order valence-electron chi connectivity index (χ3n) is 4.75. The van der Waals surface area contributed by atoms with Gasteiger partial charge in [-0.05, 0) is 58.0 Å². The number of pyridine rings is 3. The zero-order valence-electron chi connectivity index (χ0n) is 17.0. The van der Waals surface area contributed by atoms with Crippen LogP contribution in [0.5, 0.6) is 0 Å². The van der Waals surface area contributed by atoms with E-state index in [4.69, 9.17) is 4.98 Å². The number of H-pyrrole nitrogens is 1. The van der Waals surface area contributed by atoms with Gasteiger partial charge in [-0.25, -0.2) is 9.97 Å². The molecule has 154 valence electrons. The Hall–Kier alpha value is -3.10. The van der Waals surface area contributed by atoms with Crippen molar-refractivity contribution in [3.63, 3.8) is 0 Å². The highest BCUT2D eigenvalue weighted by atomic mass is 32.1. The van der Waals surface area contributed by atoms with E-state index >= 15 is 0 Å². The van der Waals surface area contributed by atoms with Gasteiger partial charge < -0.3 is 15.6 Å². The fourth-order valence-electron chi connectivity index (χ4n) is 3.09. The SMILES string of the molecule is C1CCNC1.Cc1cc(-c2nc3cc(Nc4ccc(C)c(=O)[nH]4)ncc3s2)ccn1. The molecule has 1 aliphatic heterocycles. The summed E-state index contributed by atoms with van der Waals surface area (Å²) < 4.78 is 1.01. The maximum Gasteiger partial charge on any atom is 0.252 e. The van der Waals surface area contributed by atoms with Crippen molar-refractivity contribution in [2.75, 3.05) is 18.4 Å². The molecule has 0 aliphatic carbocycles. The molecule has 4 aromatic rings. The molecule has 4 aromatic heterocycles. The minimum Gasteiger partial charge on any atom is -0.326 e. The van der Waals surface area contributed by atoms with Gasteiger partial charge in [-0.2, -0.15) is 0 Å². The second-order valence-corrected chi connectivity index (χ2v) is 8.24. The molecule has 0 saturated carbocycles. The van der Waals surface area contributed by atoms with E-state index in [0.717, 1.165) is 26.5 Å². The van der Waals surface area contributed by atoms with Gasteiger partial charge in [0.15, 0.2) is 0 Å². The van der Waals surface area contributed by atoms with Crippen LogP contribution in [0.4, 0.5) is 11.6 Å². The molecule has 7 nitrogen and oxygen atoms in total. The van der Waals surface area contributed by atoms with Gasteiger partial charge in [0.05, 0.1) is 10.2 Å². The van der Waals surface area contributed by atoms with Crippen LogP contribution in [0.25, 0.3) is 20.8 Å². The van der Waals surface area contributed by atoms with E-state index in [1.165, 1.54) is 25.9 Å². The van der Waals surface area contributed by atoms with Crippen LogP contribution >= 0.6 is 11.3 Å². The number of aromatic amines is 1.